The van der Waals surface area contributed by atoms with Crippen molar-refractivity contribution in [2.45, 2.75) is 16.6 Å². The summed E-state index contributed by atoms with van der Waals surface area (Å²) < 4.78 is 0. The van der Waals surface area contributed by atoms with Gasteiger partial charge in [-0.15, -0.1) is 23.2 Å². The highest BCUT2D eigenvalue weighted by Gasteiger charge is 2.37. The smallest absolute Gasteiger partial charge is 0.136 e. The zero-order valence-corrected chi connectivity index (χ0v) is 7.16. The van der Waals surface area contributed by atoms with Gasteiger partial charge in [0.1, 0.15) is 16.6 Å². The van der Waals surface area contributed by atoms with Crippen LogP contribution < -0.4 is 10.9 Å². The van der Waals surface area contributed by atoms with E-state index in [2.05, 4.69) is 10.9 Å². The van der Waals surface area contributed by atoms with E-state index in [1.165, 1.54) is 0 Å². The molecule has 0 amide bonds. The molecule has 10 heavy (non-hydrogen) atoms. The van der Waals surface area contributed by atoms with Crippen LogP contribution in [0.4, 0.5) is 0 Å². The van der Waals surface area contributed by atoms with E-state index in [9.17, 15) is 0 Å². The molecule has 1 heterocycles. The van der Waals surface area contributed by atoms with Gasteiger partial charge in [-0.05, 0) is 0 Å². The number of hydrazine groups is 1. The molecule has 0 radical (unpaired) electrons. The van der Waals surface area contributed by atoms with Gasteiger partial charge >= 0.3 is 0 Å². The van der Waals surface area contributed by atoms with Crippen LogP contribution in [0.1, 0.15) is 0 Å². The van der Waals surface area contributed by atoms with Gasteiger partial charge in [-0.1, -0.05) is 11.6 Å². The first-order valence-corrected chi connectivity index (χ1v) is 4.05. The minimum Gasteiger partial charge on any atom is -0.377 e. The van der Waals surface area contributed by atoms with Crippen molar-refractivity contribution in [1.82, 2.24) is 10.9 Å². The molecule has 3 unspecified atom stereocenters. The second-order valence-electron chi connectivity index (χ2n) is 2.04. The van der Waals surface area contributed by atoms with Gasteiger partial charge in [-0.25, -0.2) is 10.9 Å². The Hall–Kier alpha value is 0.750. The van der Waals surface area contributed by atoms with Crippen LogP contribution in [-0.4, -0.2) is 21.7 Å². The first kappa shape index (κ1) is 8.84. The summed E-state index contributed by atoms with van der Waals surface area (Å²) in [6.45, 7) is 0. The summed E-state index contributed by atoms with van der Waals surface area (Å²) in [6, 6.07) is 0. The van der Waals surface area contributed by atoms with Gasteiger partial charge in [-0.2, -0.15) is 0 Å². The number of hydrogen-bond acceptors (Lipinski definition) is 3. The molecule has 1 rings (SSSR count). The monoisotopic (exact) mass is 204 g/mol. The zero-order valence-electron chi connectivity index (χ0n) is 4.89. The molecule has 0 aromatic rings. The van der Waals surface area contributed by atoms with Gasteiger partial charge < -0.3 is 5.11 Å². The molecular weight excluding hydrogens is 198 g/mol. The highest BCUT2D eigenvalue weighted by Crippen LogP contribution is 2.25. The minimum absolute atomic E-state index is 0.370. The molecular formula is C4H7Cl3N2O. The summed E-state index contributed by atoms with van der Waals surface area (Å²) in [7, 11) is 0. The van der Waals surface area contributed by atoms with Gasteiger partial charge in [-0.3, -0.25) is 0 Å². The standard InChI is InChI=1S/C4H7Cl3N2O/c5-2-1(4(7)10)3(6)9-8-2/h1-4,8-10H/t1?,2-,3?,4?/m0/s1. The molecule has 0 spiro atoms. The van der Waals surface area contributed by atoms with Crippen LogP contribution in [-0.2, 0) is 0 Å². The van der Waals surface area contributed by atoms with E-state index in [-0.39, 0.29) is 5.92 Å². The van der Waals surface area contributed by atoms with Crippen LogP contribution >= 0.6 is 34.8 Å². The topological polar surface area (TPSA) is 44.3 Å². The molecule has 60 valence electrons. The molecule has 3 nitrogen and oxygen atoms in total. The average molecular weight is 205 g/mol. The number of hydrogen-bond donors (Lipinski definition) is 3. The Bertz CT molecular complexity index is 113. The van der Waals surface area contributed by atoms with Gasteiger partial charge in [0.05, 0.1) is 5.92 Å². The SMILES string of the molecule is OC(Cl)C1C(Cl)NN[C@@H]1Cl. The molecule has 1 saturated heterocycles. The predicted molar refractivity (Wildman–Crippen MR) is 40.9 cm³/mol. The number of rotatable bonds is 1. The lowest BCUT2D eigenvalue weighted by molar-refractivity contribution is 0.189. The lowest BCUT2D eigenvalue weighted by atomic mass is 10.2. The molecule has 4 atom stereocenters. The van der Waals surface area contributed by atoms with Gasteiger partial charge in [0, 0.05) is 0 Å². The third-order valence-corrected chi connectivity index (χ3v) is 2.44. The van der Waals surface area contributed by atoms with Crippen LogP contribution in [0.2, 0.25) is 0 Å². The van der Waals surface area contributed by atoms with Crippen molar-refractivity contribution >= 4 is 34.8 Å². The fourth-order valence-corrected chi connectivity index (χ4v) is 1.99. The van der Waals surface area contributed by atoms with Gasteiger partial charge in [0.2, 0.25) is 0 Å². The van der Waals surface area contributed by atoms with E-state index < -0.39 is 16.6 Å². The largest absolute Gasteiger partial charge is 0.377 e. The van der Waals surface area contributed by atoms with Crippen molar-refractivity contribution in [3.05, 3.63) is 0 Å². The Kier molecular flexibility index (Phi) is 3.03. The first-order chi connectivity index (χ1) is 4.63. The van der Waals surface area contributed by atoms with E-state index in [0.29, 0.717) is 0 Å². The summed E-state index contributed by atoms with van der Waals surface area (Å²) in [5.74, 6) is -0.370. The van der Waals surface area contributed by atoms with Crippen molar-refractivity contribution in [3.8, 4) is 0 Å². The van der Waals surface area contributed by atoms with Crippen LogP contribution in [0.3, 0.4) is 0 Å². The van der Waals surface area contributed by atoms with E-state index in [0.717, 1.165) is 0 Å². The highest BCUT2D eigenvalue weighted by molar-refractivity contribution is 6.26. The van der Waals surface area contributed by atoms with E-state index in [1.54, 1.807) is 0 Å². The minimum atomic E-state index is -1.02. The van der Waals surface area contributed by atoms with Crippen LogP contribution in [0.25, 0.3) is 0 Å². The van der Waals surface area contributed by atoms with Crippen LogP contribution in [0, 0.1) is 5.92 Å². The molecule has 6 heteroatoms. The molecule has 1 fully saturated rings. The molecule has 0 bridgehead atoms. The number of aliphatic hydroxyl groups is 1. The molecule has 0 saturated carbocycles. The third kappa shape index (κ3) is 1.67. The van der Waals surface area contributed by atoms with Gasteiger partial charge in [0.25, 0.3) is 0 Å². The fourth-order valence-electron chi connectivity index (χ4n) is 0.779. The van der Waals surface area contributed by atoms with Crippen molar-refractivity contribution < 1.29 is 5.11 Å². The lowest BCUT2D eigenvalue weighted by Crippen LogP contribution is -2.28. The lowest BCUT2D eigenvalue weighted by Gasteiger charge is -2.15. The number of nitrogens with one attached hydrogen (secondary N) is 2. The van der Waals surface area contributed by atoms with Crippen LogP contribution in [0.5, 0.6) is 0 Å². The molecule has 0 aliphatic carbocycles. The third-order valence-electron chi connectivity index (χ3n) is 1.35. The van der Waals surface area contributed by atoms with E-state index in [4.69, 9.17) is 39.9 Å². The zero-order chi connectivity index (χ0) is 7.72. The van der Waals surface area contributed by atoms with Crippen molar-refractivity contribution in [1.29, 1.82) is 0 Å². The van der Waals surface area contributed by atoms with E-state index in [1.807, 2.05) is 0 Å². The summed E-state index contributed by atoms with van der Waals surface area (Å²) in [4.78, 5) is 0. The van der Waals surface area contributed by atoms with Crippen molar-refractivity contribution in [2.24, 2.45) is 5.92 Å². The van der Waals surface area contributed by atoms with Crippen LogP contribution in [0.15, 0.2) is 0 Å². The first-order valence-electron chi connectivity index (χ1n) is 2.74. The Labute approximate surface area is 73.6 Å². The molecule has 3 N–H and O–H groups in total. The Morgan fingerprint density at radius 2 is 1.60 bits per heavy atom. The second kappa shape index (κ2) is 3.43. The van der Waals surface area contributed by atoms with Crippen molar-refractivity contribution in [3.63, 3.8) is 0 Å². The van der Waals surface area contributed by atoms with Gasteiger partial charge in [0.15, 0.2) is 0 Å². The fraction of sp³-hybridized carbons (Fsp3) is 1.00. The normalized spacial score (nSPS) is 43.8. The van der Waals surface area contributed by atoms with E-state index >= 15 is 0 Å². The summed E-state index contributed by atoms with van der Waals surface area (Å²) in [5.41, 5.74) is 3.42. The maximum absolute atomic E-state index is 8.91. The number of aliphatic hydroxyl groups excluding tert-OH is 1. The number of alkyl halides is 3. The molecule has 1 aliphatic rings. The second-order valence-corrected chi connectivity index (χ2v) is 3.43. The Morgan fingerprint density at radius 1 is 1.20 bits per heavy atom. The highest BCUT2D eigenvalue weighted by atomic mass is 35.5. The maximum atomic E-state index is 8.91. The molecule has 0 aromatic heterocycles. The quantitative estimate of drug-likeness (QED) is 0.429. The van der Waals surface area contributed by atoms with Crippen molar-refractivity contribution in [2.75, 3.05) is 0 Å². The average Bonchev–Trinajstić information content (AvgIpc) is 2.11. The summed E-state index contributed by atoms with van der Waals surface area (Å²) in [6.07, 6.45) is 0. The predicted octanol–water partition coefficient (Wildman–Crippen LogP) is 0.397. The summed E-state index contributed by atoms with van der Waals surface area (Å²) in [5, 5.41) is 8.91. The number of halogens is 3. The maximum Gasteiger partial charge on any atom is 0.136 e. The molecule has 0 aromatic carbocycles. The molecule has 1 aliphatic heterocycles. The Morgan fingerprint density at radius 3 is 1.80 bits per heavy atom. The Balaban J connectivity index is 2.54. The summed E-state index contributed by atoms with van der Waals surface area (Å²) >= 11 is 16.7.